The van der Waals surface area contributed by atoms with Crippen LogP contribution in [0.2, 0.25) is 0 Å². The predicted molar refractivity (Wildman–Crippen MR) is 93.2 cm³/mol. The van der Waals surface area contributed by atoms with Gasteiger partial charge in [-0.15, -0.1) is 0 Å². The number of rotatable bonds is 6. The number of carbonyl (C=O) groups excluding carboxylic acids is 2. The number of hydrogen-bond donors (Lipinski definition) is 1. The Kier molecular flexibility index (Phi) is 6.07. The van der Waals surface area contributed by atoms with Crippen LogP contribution in [-0.2, 0) is 29.7 Å². The first-order valence-electron chi connectivity index (χ1n) is 7.33. The van der Waals surface area contributed by atoms with Crippen LogP contribution in [0.15, 0.2) is 52.3 Å². The van der Waals surface area contributed by atoms with Crippen LogP contribution in [0.1, 0.15) is 20.7 Å². The summed E-state index contributed by atoms with van der Waals surface area (Å²) >= 11 is 0. The highest BCUT2D eigenvalue weighted by Gasteiger charge is 2.26. The van der Waals surface area contributed by atoms with E-state index in [9.17, 15) is 31.0 Å². The Balaban J connectivity index is 2.56. The Morgan fingerprint density at radius 1 is 0.857 bits per heavy atom. The maximum Gasteiger partial charge on any atom is 0.339 e. The third-order valence-electron chi connectivity index (χ3n) is 3.42. The van der Waals surface area contributed by atoms with Gasteiger partial charge in [0.05, 0.1) is 25.3 Å². The SMILES string of the molecule is COC(=O)c1ccc(S(=O)(=O)Oc2ccccc2S(=O)(=O)O)cc1C(=O)OC. The lowest BCUT2D eigenvalue weighted by Gasteiger charge is -2.12. The minimum absolute atomic E-state index is 0.244. The van der Waals surface area contributed by atoms with Gasteiger partial charge >= 0.3 is 22.1 Å². The second-order valence-corrected chi connectivity index (χ2v) is 8.09. The Labute approximate surface area is 160 Å². The maximum absolute atomic E-state index is 12.5. The zero-order valence-corrected chi connectivity index (χ0v) is 16.1. The first-order valence-corrected chi connectivity index (χ1v) is 10.2. The van der Waals surface area contributed by atoms with Crippen LogP contribution < -0.4 is 4.18 Å². The Morgan fingerprint density at radius 3 is 2.00 bits per heavy atom. The second kappa shape index (κ2) is 7.96. The number of esters is 2. The average Bonchev–Trinajstić information content (AvgIpc) is 2.65. The topological polar surface area (TPSA) is 150 Å². The molecule has 2 rings (SSSR count). The van der Waals surface area contributed by atoms with Crippen molar-refractivity contribution in [3.63, 3.8) is 0 Å². The Morgan fingerprint density at radius 2 is 1.43 bits per heavy atom. The van der Waals surface area contributed by atoms with Crippen LogP contribution in [0.5, 0.6) is 5.75 Å². The van der Waals surface area contributed by atoms with E-state index in [0.29, 0.717) is 0 Å². The molecule has 1 N–H and O–H groups in total. The molecule has 0 radical (unpaired) electrons. The number of benzene rings is 2. The molecule has 0 spiro atoms. The standard InChI is InChI=1S/C16H14O10S2/c1-24-15(17)11-8-7-10(9-12(11)16(18)25-2)28(22,23)26-13-5-3-4-6-14(13)27(19,20)21/h3-9H,1-2H3,(H,19,20,21). The van der Waals surface area contributed by atoms with E-state index < -0.39 is 53.3 Å². The van der Waals surface area contributed by atoms with Gasteiger partial charge in [-0.3, -0.25) is 4.55 Å². The smallest absolute Gasteiger partial charge is 0.339 e. The lowest BCUT2D eigenvalue weighted by atomic mass is 10.1. The molecular weight excluding hydrogens is 416 g/mol. The molecule has 0 aliphatic rings. The van der Waals surface area contributed by atoms with Crippen molar-refractivity contribution >= 4 is 32.2 Å². The summed E-state index contributed by atoms with van der Waals surface area (Å²) < 4.78 is 70.9. The van der Waals surface area contributed by atoms with Crippen molar-refractivity contribution in [2.75, 3.05) is 14.2 Å². The predicted octanol–water partition coefficient (Wildman–Crippen LogP) is 1.27. The summed E-state index contributed by atoms with van der Waals surface area (Å²) in [5, 5.41) is 0. The lowest BCUT2D eigenvalue weighted by molar-refractivity contribution is 0.0555. The molecule has 0 heterocycles. The van der Waals surface area contributed by atoms with E-state index in [0.717, 1.165) is 44.6 Å². The fourth-order valence-corrected chi connectivity index (χ4v) is 3.79. The summed E-state index contributed by atoms with van der Waals surface area (Å²) in [4.78, 5) is 22.3. The highest BCUT2D eigenvalue weighted by atomic mass is 32.2. The molecule has 0 aliphatic carbocycles. The Hall–Kier alpha value is -2.96. The van der Waals surface area contributed by atoms with Gasteiger partial charge in [-0.1, -0.05) is 12.1 Å². The second-order valence-electron chi connectivity index (χ2n) is 5.15. The molecule has 12 heteroatoms. The molecule has 150 valence electrons. The fraction of sp³-hybridized carbons (Fsp3) is 0.125. The van der Waals surface area contributed by atoms with Crippen LogP contribution in [0, 0.1) is 0 Å². The molecule has 0 atom stereocenters. The molecule has 0 aliphatic heterocycles. The summed E-state index contributed by atoms with van der Waals surface area (Å²) in [6.07, 6.45) is 0. The summed E-state index contributed by atoms with van der Waals surface area (Å²) in [5.41, 5.74) is -0.645. The van der Waals surface area contributed by atoms with E-state index in [2.05, 4.69) is 9.47 Å². The average molecular weight is 430 g/mol. The zero-order chi connectivity index (χ0) is 21.1. The molecule has 0 saturated carbocycles. The monoisotopic (exact) mass is 430 g/mol. The van der Waals surface area contributed by atoms with Crippen molar-refractivity contribution in [2.45, 2.75) is 9.79 Å². The van der Waals surface area contributed by atoms with Gasteiger partial charge in [0.15, 0.2) is 5.75 Å². The van der Waals surface area contributed by atoms with Gasteiger partial charge in [0.1, 0.15) is 9.79 Å². The highest BCUT2D eigenvalue weighted by Crippen LogP contribution is 2.27. The maximum atomic E-state index is 12.5. The first kappa shape index (κ1) is 21.3. The first-order chi connectivity index (χ1) is 13.0. The molecule has 28 heavy (non-hydrogen) atoms. The van der Waals surface area contributed by atoms with Gasteiger partial charge in [0, 0.05) is 0 Å². The quantitative estimate of drug-likeness (QED) is 0.403. The molecule has 0 fully saturated rings. The van der Waals surface area contributed by atoms with E-state index in [1.165, 1.54) is 12.1 Å². The normalized spacial score (nSPS) is 11.5. The molecule has 0 aromatic heterocycles. The van der Waals surface area contributed by atoms with Crippen LogP contribution in [0.3, 0.4) is 0 Å². The van der Waals surface area contributed by atoms with Crippen LogP contribution >= 0.6 is 0 Å². The third-order valence-corrected chi connectivity index (χ3v) is 5.54. The van der Waals surface area contributed by atoms with E-state index in [-0.39, 0.29) is 5.56 Å². The van der Waals surface area contributed by atoms with E-state index in [1.807, 2.05) is 0 Å². The molecular formula is C16H14O10S2. The van der Waals surface area contributed by atoms with Crippen molar-refractivity contribution in [3.8, 4) is 5.75 Å². The molecule has 2 aromatic rings. The number of hydrogen-bond acceptors (Lipinski definition) is 9. The number of para-hydroxylation sites is 1. The van der Waals surface area contributed by atoms with Gasteiger partial charge < -0.3 is 13.7 Å². The van der Waals surface area contributed by atoms with Gasteiger partial charge in [-0.05, 0) is 30.3 Å². The fourth-order valence-electron chi connectivity index (χ4n) is 2.14. The summed E-state index contributed by atoms with van der Waals surface area (Å²) in [6, 6.07) is 7.31. The van der Waals surface area contributed by atoms with Gasteiger partial charge in [-0.2, -0.15) is 16.8 Å². The number of ether oxygens (including phenoxy) is 2. The van der Waals surface area contributed by atoms with Crippen molar-refractivity contribution in [2.24, 2.45) is 0 Å². The summed E-state index contributed by atoms with van der Waals surface area (Å²) in [7, 11) is -7.30. The summed E-state index contributed by atoms with van der Waals surface area (Å²) in [5.74, 6) is -2.56. The molecule has 0 amide bonds. The number of carbonyl (C=O) groups is 2. The van der Waals surface area contributed by atoms with Gasteiger partial charge in [-0.25, -0.2) is 9.59 Å². The van der Waals surface area contributed by atoms with Gasteiger partial charge in [0.2, 0.25) is 0 Å². The van der Waals surface area contributed by atoms with Crippen molar-refractivity contribution in [1.29, 1.82) is 0 Å². The van der Waals surface area contributed by atoms with Crippen molar-refractivity contribution in [3.05, 3.63) is 53.6 Å². The largest absolute Gasteiger partial charge is 0.465 e. The number of methoxy groups -OCH3 is 2. The minimum Gasteiger partial charge on any atom is -0.465 e. The van der Waals surface area contributed by atoms with Crippen molar-refractivity contribution < 1.29 is 44.6 Å². The van der Waals surface area contributed by atoms with Crippen LogP contribution in [0.25, 0.3) is 0 Å². The molecule has 0 unspecified atom stereocenters. The minimum atomic E-state index is -4.76. The van der Waals surface area contributed by atoms with Crippen LogP contribution in [0.4, 0.5) is 0 Å². The molecule has 0 saturated heterocycles. The zero-order valence-electron chi connectivity index (χ0n) is 14.5. The Bertz CT molecular complexity index is 1130. The lowest BCUT2D eigenvalue weighted by Crippen LogP contribution is -2.16. The van der Waals surface area contributed by atoms with E-state index in [1.54, 1.807) is 0 Å². The molecule has 10 nitrogen and oxygen atoms in total. The summed E-state index contributed by atoms with van der Waals surface area (Å²) in [6.45, 7) is 0. The van der Waals surface area contributed by atoms with Gasteiger partial charge in [0.25, 0.3) is 10.1 Å². The highest BCUT2D eigenvalue weighted by molar-refractivity contribution is 7.87. The van der Waals surface area contributed by atoms with E-state index >= 15 is 0 Å². The molecule has 0 bridgehead atoms. The molecule has 2 aromatic carbocycles. The third kappa shape index (κ3) is 4.47. The van der Waals surface area contributed by atoms with Crippen molar-refractivity contribution in [1.82, 2.24) is 0 Å². The van der Waals surface area contributed by atoms with E-state index in [4.69, 9.17) is 4.18 Å². The van der Waals surface area contributed by atoms with Crippen LogP contribution in [-0.4, -0.2) is 47.5 Å².